The fourth-order valence-electron chi connectivity index (χ4n) is 3.31. The van der Waals surface area contributed by atoms with Crippen molar-refractivity contribution in [3.8, 4) is 22.9 Å². The monoisotopic (exact) mass is 453 g/mol. The van der Waals surface area contributed by atoms with Crippen LogP contribution in [0, 0.1) is 0 Å². The molecule has 0 N–H and O–H groups in total. The van der Waals surface area contributed by atoms with Crippen LogP contribution in [-0.2, 0) is 23.1 Å². The Labute approximate surface area is 184 Å². The van der Waals surface area contributed by atoms with Crippen LogP contribution in [0.15, 0.2) is 80.8 Å². The second-order valence-electron chi connectivity index (χ2n) is 7.04. The van der Waals surface area contributed by atoms with E-state index in [1.54, 1.807) is 60.7 Å². The highest BCUT2D eigenvalue weighted by atomic mass is 32.2. The van der Waals surface area contributed by atoms with Crippen LogP contribution in [0.5, 0.6) is 11.5 Å². The molecular formula is C22H19N3O6S. The maximum absolute atomic E-state index is 13.3. The smallest absolute Gasteiger partial charge is 0.243 e. The quantitative estimate of drug-likeness (QED) is 0.418. The predicted molar refractivity (Wildman–Crippen MR) is 112 cm³/mol. The molecule has 0 radical (unpaired) electrons. The van der Waals surface area contributed by atoms with E-state index in [0.29, 0.717) is 41.9 Å². The summed E-state index contributed by atoms with van der Waals surface area (Å²) in [6.07, 6.45) is 1.50. The number of sulfonamides is 1. The van der Waals surface area contributed by atoms with E-state index in [9.17, 15) is 8.42 Å². The lowest BCUT2D eigenvalue weighted by molar-refractivity contribution is 0.171. The molecule has 0 amide bonds. The van der Waals surface area contributed by atoms with Gasteiger partial charge in [0.25, 0.3) is 0 Å². The van der Waals surface area contributed by atoms with E-state index in [4.69, 9.17) is 18.4 Å². The number of ether oxygens (including phenoxy) is 2. The van der Waals surface area contributed by atoms with Crippen LogP contribution in [0.4, 0.5) is 0 Å². The molecule has 2 aromatic heterocycles. The number of aromatic nitrogens is 2. The second kappa shape index (κ2) is 8.48. The van der Waals surface area contributed by atoms with Crippen molar-refractivity contribution >= 4 is 10.0 Å². The van der Waals surface area contributed by atoms with Crippen LogP contribution in [0.1, 0.15) is 11.7 Å². The fourth-order valence-corrected chi connectivity index (χ4v) is 4.69. The summed E-state index contributed by atoms with van der Waals surface area (Å²) in [7, 11) is -3.83. The van der Waals surface area contributed by atoms with E-state index in [2.05, 4.69) is 10.1 Å². The second-order valence-corrected chi connectivity index (χ2v) is 8.97. The summed E-state index contributed by atoms with van der Waals surface area (Å²) < 4.78 is 49.6. The maximum atomic E-state index is 13.3. The summed E-state index contributed by atoms with van der Waals surface area (Å²) in [5.41, 5.74) is 0.674. The predicted octanol–water partition coefficient (Wildman–Crippen LogP) is 3.49. The highest BCUT2D eigenvalue weighted by Gasteiger charge is 2.28. The van der Waals surface area contributed by atoms with Crippen molar-refractivity contribution in [3.05, 3.63) is 78.6 Å². The molecule has 9 nitrogen and oxygen atoms in total. The number of fused-ring (bicyclic) bond motifs is 1. The SMILES string of the molecule is O=S(=O)(c1ccccc1)N(Cc1ccco1)Cc1nc(-c2ccc3c(c2)OCCO3)no1. The van der Waals surface area contributed by atoms with Gasteiger partial charge in [0.2, 0.25) is 21.7 Å². The van der Waals surface area contributed by atoms with Crippen LogP contribution < -0.4 is 9.47 Å². The summed E-state index contributed by atoms with van der Waals surface area (Å²) in [6, 6.07) is 16.9. The number of furan rings is 1. The molecule has 2 aromatic carbocycles. The van der Waals surface area contributed by atoms with Crippen LogP contribution in [0.3, 0.4) is 0 Å². The van der Waals surface area contributed by atoms with Crippen molar-refractivity contribution in [2.24, 2.45) is 0 Å². The number of hydrogen-bond donors (Lipinski definition) is 0. The fraction of sp³-hybridized carbons (Fsp3) is 0.182. The Hall–Kier alpha value is -3.63. The Morgan fingerprint density at radius 3 is 2.50 bits per heavy atom. The molecular weight excluding hydrogens is 434 g/mol. The van der Waals surface area contributed by atoms with Gasteiger partial charge in [0, 0.05) is 5.56 Å². The average molecular weight is 453 g/mol. The summed E-state index contributed by atoms with van der Waals surface area (Å²) in [6.45, 7) is 0.870. The van der Waals surface area contributed by atoms with Crippen LogP contribution in [0.2, 0.25) is 0 Å². The van der Waals surface area contributed by atoms with Crippen molar-refractivity contribution in [2.45, 2.75) is 18.0 Å². The first-order chi connectivity index (χ1) is 15.6. The molecule has 0 bridgehead atoms. The first kappa shape index (κ1) is 20.3. The van der Waals surface area contributed by atoms with Crippen molar-refractivity contribution in [1.29, 1.82) is 0 Å². The molecule has 4 aromatic rings. The third kappa shape index (κ3) is 4.10. The number of rotatable bonds is 7. The van der Waals surface area contributed by atoms with Crippen molar-refractivity contribution in [1.82, 2.24) is 14.4 Å². The zero-order valence-corrected chi connectivity index (χ0v) is 17.7. The Balaban J connectivity index is 1.42. The van der Waals surface area contributed by atoms with Gasteiger partial charge in [-0.1, -0.05) is 23.4 Å². The van der Waals surface area contributed by atoms with E-state index in [0.717, 1.165) is 0 Å². The zero-order chi connectivity index (χ0) is 22.0. The van der Waals surface area contributed by atoms with Gasteiger partial charge < -0.3 is 18.4 Å². The molecule has 0 saturated heterocycles. The molecule has 10 heteroatoms. The Kier molecular flexibility index (Phi) is 5.38. The van der Waals surface area contributed by atoms with E-state index in [-0.39, 0.29) is 23.9 Å². The summed E-state index contributed by atoms with van der Waals surface area (Å²) in [5, 5.41) is 4.01. The molecule has 32 heavy (non-hydrogen) atoms. The number of nitrogens with zero attached hydrogens (tertiary/aromatic N) is 3. The van der Waals surface area contributed by atoms with E-state index in [1.165, 1.54) is 10.6 Å². The number of benzene rings is 2. The Bertz CT molecular complexity index is 1300. The lowest BCUT2D eigenvalue weighted by Gasteiger charge is -2.19. The lowest BCUT2D eigenvalue weighted by Crippen LogP contribution is -2.30. The Morgan fingerprint density at radius 1 is 0.906 bits per heavy atom. The molecule has 1 aliphatic heterocycles. The molecule has 0 spiro atoms. The van der Waals surface area contributed by atoms with Crippen LogP contribution >= 0.6 is 0 Å². The molecule has 0 fully saturated rings. The maximum Gasteiger partial charge on any atom is 0.243 e. The summed E-state index contributed by atoms with van der Waals surface area (Å²) >= 11 is 0. The van der Waals surface area contributed by atoms with Gasteiger partial charge in [-0.15, -0.1) is 0 Å². The van der Waals surface area contributed by atoms with Crippen molar-refractivity contribution < 1.29 is 26.8 Å². The summed E-state index contributed by atoms with van der Waals surface area (Å²) in [5.74, 6) is 2.23. The van der Waals surface area contributed by atoms with Gasteiger partial charge >= 0.3 is 0 Å². The molecule has 5 rings (SSSR count). The minimum Gasteiger partial charge on any atom is -0.486 e. The van der Waals surface area contributed by atoms with Crippen LogP contribution in [-0.4, -0.2) is 36.1 Å². The first-order valence-electron chi connectivity index (χ1n) is 9.90. The zero-order valence-electron chi connectivity index (χ0n) is 16.9. The van der Waals surface area contributed by atoms with Gasteiger partial charge in [-0.25, -0.2) is 8.42 Å². The highest BCUT2D eigenvalue weighted by molar-refractivity contribution is 7.89. The van der Waals surface area contributed by atoms with E-state index >= 15 is 0 Å². The first-order valence-corrected chi connectivity index (χ1v) is 11.3. The minimum absolute atomic E-state index is 0.0198. The average Bonchev–Trinajstić information content (AvgIpc) is 3.51. The molecule has 0 unspecified atom stereocenters. The normalized spacial score (nSPS) is 13.4. The molecule has 0 saturated carbocycles. The van der Waals surface area contributed by atoms with Crippen molar-refractivity contribution in [2.75, 3.05) is 13.2 Å². The lowest BCUT2D eigenvalue weighted by atomic mass is 10.2. The topological polar surface area (TPSA) is 108 Å². The van der Waals surface area contributed by atoms with E-state index < -0.39 is 10.0 Å². The van der Waals surface area contributed by atoms with Gasteiger partial charge in [0.1, 0.15) is 19.0 Å². The Morgan fingerprint density at radius 2 is 1.72 bits per heavy atom. The largest absolute Gasteiger partial charge is 0.486 e. The highest BCUT2D eigenvalue weighted by Crippen LogP contribution is 2.33. The van der Waals surface area contributed by atoms with Gasteiger partial charge in [-0.2, -0.15) is 9.29 Å². The summed E-state index contributed by atoms with van der Waals surface area (Å²) in [4.78, 5) is 4.56. The van der Waals surface area contributed by atoms with Gasteiger partial charge in [-0.05, 0) is 42.5 Å². The standard InChI is InChI=1S/C22H19N3O6S/c26-32(27,18-6-2-1-3-7-18)25(14-17-5-4-10-28-17)15-21-23-22(24-31-21)16-8-9-19-20(13-16)30-12-11-29-19/h1-10,13H,11-12,14-15H2. The minimum atomic E-state index is -3.83. The van der Waals surface area contributed by atoms with Gasteiger partial charge in [0.05, 0.1) is 24.2 Å². The third-order valence-electron chi connectivity index (χ3n) is 4.87. The van der Waals surface area contributed by atoms with Crippen LogP contribution in [0.25, 0.3) is 11.4 Å². The van der Waals surface area contributed by atoms with E-state index in [1.807, 2.05) is 0 Å². The molecule has 0 aliphatic carbocycles. The van der Waals surface area contributed by atoms with Crippen molar-refractivity contribution in [3.63, 3.8) is 0 Å². The molecule has 1 aliphatic rings. The van der Waals surface area contributed by atoms with Gasteiger partial charge in [-0.3, -0.25) is 0 Å². The molecule has 0 atom stereocenters. The molecule has 164 valence electrons. The third-order valence-corrected chi connectivity index (χ3v) is 6.68. The van der Waals surface area contributed by atoms with Gasteiger partial charge in [0.15, 0.2) is 11.5 Å². The number of hydrogen-bond acceptors (Lipinski definition) is 8. The molecule has 3 heterocycles.